The first-order valence-corrected chi connectivity index (χ1v) is 5.86. The Hall–Kier alpha value is -1.22. The molecule has 0 aromatic heterocycles. The lowest BCUT2D eigenvalue weighted by Gasteiger charge is -2.16. The molecule has 2 N–H and O–H groups in total. The van der Waals surface area contributed by atoms with Gasteiger partial charge in [-0.15, -0.1) is 0 Å². The van der Waals surface area contributed by atoms with Crippen molar-refractivity contribution < 1.29 is 9.47 Å². The second-order valence-corrected chi connectivity index (χ2v) is 4.42. The molecule has 0 heterocycles. The molecule has 0 radical (unpaired) electrons. The van der Waals surface area contributed by atoms with Crippen LogP contribution in [-0.4, -0.2) is 12.2 Å². The van der Waals surface area contributed by atoms with Crippen LogP contribution in [-0.2, 0) is 6.54 Å². The van der Waals surface area contributed by atoms with Crippen LogP contribution in [0.2, 0.25) is 0 Å². The number of rotatable bonds is 5. The van der Waals surface area contributed by atoms with E-state index in [-0.39, 0.29) is 6.10 Å². The molecule has 1 aliphatic rings. The van der Waals surface area contributed by atoms with Crippen molar-refractivity contribution in [2.45, 2.75) is 45.4 Å². The molecule has 0 bridgehead atoms. The van der Waals surface area contributed by atoms with Gasteiger partial charge < -0.3 is 15.2 Å². The summed E-state index contributed by atoms with van der Waals surface area (Å²) in [5.74, 6) is 1.72. The van der Waals surface area contributed by atoms with Gasteiger partial charge in [-0.2, -0.15) is 0 Å². The summed E-state index contributed by atoms with van der Waals surface area (Å²) in [5.41, 5.74) is 6.74. The van der Waals surface area contributed by atoms with Gasteiger partial charge in [-0.05, 0) is 38.8 Å². The van der Waals surface area contributed by atoms with E-state index in [0.29, 0.717) is 12.6 Å². The number of benzene rings is 1. The molecule has 1 fully saturated rings. The highest BCUT2D eigenvalue weighted by molar-refractivity contribution is 5.45. The van der Waals surface area contributed by atoms with Crippen LogP contribution < -0.4 is 15.2 Å². The van der Waals surface area contributed by atoms with E-state index in [2.05, 4.69) is 0 Å². The molecular formula is C13H19NO2. The molecule has 3 nitrogen and oxygen atoms in total. The molecular weight excluding hydrogens is 202 g/mol. The van der Waals surface area contributed by atoms with E-state index in [9.17, 15) is 0 Å². The highest BCUT2D eigenvalue weighted by Gasteiger charge is 2.25. The van der Waals surface area contributed by atoms with E-state index >= 15 is 0 Å². The van der Waals surface area contributed by atoms with Gasteiger partial charge in [-0.25, -0.2) is 0 Å². The molecule has 3 heteroatoms. The van der Waals surface area contributed by atoms with Crippen LogP contribution in [0.5, 0.6) is 11.5 Å². The van der Waals surface area contributed by atoms with Crippen molar-refractivity contribution in [1.29, 1.82) is 0 Å². The summed E-state index contributed by atoms with van der Waals surface area (Å²) in [4.78, 5) is 0. The van der Waals surface area contributed by atoms with Gasteiger partial charge >= 0.3 is 0 Å². The van der Waals surface area contributed by atoms with Crippen LogP contribution in [0.3, 0.4) is 0 Å². The third kappa shape index (κ3) is 2.67. The standard InChI is InChI=1S/C13H19NO2/c1-9(2)15-12-4-3-5-13(11(12)8-14)16-10-6-7-10/h3-5,9-10H,6-8,14H2,1-2H3. The Morgan fingerprint density at radius 3 is 2.56 bits per heavy atom. The zero-order chi connectivity index (χ0) is 11.5. The Kier molecular flexibility index (Phi) is 3.34. The first-order chi connectivity index (χ1) is 7.70. The lowest BCUT2D eigenvalue weighted by Crippen LogP contribution is -2.11. The SMILES string of the molecule is CC(C)Oc1cccc(OC2CC2)c1CN. The van der Waals surface area contributed by atoms with Crippen molar-refractivity contribution in [3.63, 3.8) is 0 Å². The van der Waals surface area contributed by atoms with Gasteiger partial charge in [0.25, 0.3) is 0 Å². The molecule has 0 unspecified atom stereocenters. The fourth-order valence-corrected chi connectivity index (χ4v) is 1.59. The molecule has 16 heavy (non-hydrogen) atoms. The molecule has 0 spiro atoms. The van der Waals surface area contributed by atoms with E-state index in [0.717, 1.165) is 29.9 Å². The maximum Gasteiger partial charge on any atom is 0.127 e. The molecule has 1 aliphatic carbocycles. The van der Waals surface area contributed by atoms with Crippen LogP contribution in [0, 0.1) is 0 Å². The van der Waals surface area contributed by atoms with Gasteiger partial charge in [0, 0.05) is 12.1 Å². The molecule has 1 aromatic rings. The first kappa shape index (κ1) is 11.3. The van der Waals surface area contributed by atoms with Crippen LogP contribution in [0.25, 0.3) is 0 Å². The van der Waals surface area contributed by atoms with Crippen LogP contribution in [0.4, 0.5) is 0 Å². The van der Waals surface area contributed by atoms with Gasteiger partial charge in [0.2, 0.25) is 0 Å². The summed E-state index contributed by atoms with van der Waals surface area (Å²) in [7, 11) is 0. The molecule has 2 rings (SSSR count). The Labute approximate surface area is 96.5 Å². The maximum absolute atomic E-state index is 5.81. The van der Waals surface area contributed by atoms with Gasteiger partial charge in [0.15, 0.2) is 0 Å². The highest BCUT2D eigenvalue weighted by atomic mass is 16.5. The molecule has 1 aromatic carbocycles. The minimum atomic E-state index is 0.154. The fourth-order valence-electron chi connectivity index (χ4n) is 1.59. The minimum absolute atomic E-state index is 0.154. The lowest BCUT2D eigenvalue weighted by molar-refractivity contribution is 0.236. The molecule has 0 atom stereocenters. The quantitative estimate of drug-likeness (QED) is 0.830. The van der Waals surface area contributed by atoms with Crippen molar-refractivity contribution in [1.82, 2.24) is 0 Å². The second kappa shape index (κ2) is 4.74. The second-order valence-electron chi connectivity index (χ2n) is 4.42. The van der Waals surface area contributed by atoms with Crippen molar-refractivity contribution in [3.8, 4) is 11.5 Å². The average molecular weight is 221 g/mol. The first-order valence-electron chi connectivity index (χ1n) is 5.86. The predicted octanol–water partition coefficient (Wildman–Crippen LogP) is 2.47. The molecule has 0 saturated heterocycles. The van der Waals surface area contributed by atoms with Gasteiger partial charge in [-0.1, -0.05) is 6.07 Å². The monoisotopic (exact) mass is 221 g/mol. The third-order valence-corrected chi connectivity index (χ3v) is 2.47. The predicted molar refractivity (Wildman–Crippen MR) is 63.7 cm³/mol. The normalized spacial score (nSPS) is 15.2. The van der Waals surface area contributed by atoms with E-state index in [1.807, 2.05) is 32.0 Å². The Bertz CT molecular complexity index is 337. The van der Waals surface area contributed by atoms with Crippen molar-refractivity contribution >= 4 is 0 Å². The number of hydrogen-bond donors (Lipinski definition) is 1. The average Bonchev–Trinajstić information content (AvgIpc) is 3.01. The topological polar surface area (TPSA) is 44.5 Å². The van der Waals surface area contributed by atoms with E-state index in [4.69, 9.17) is 15.2 Å². The Balaban J connectivity index is 2.21. The Morgan fingerprint density at radius 1 is 1.31 bits per heavy atom. The van der Waals surface area contributed by atoms with Crippen molar-refractivity contribution in [2.24, 2.45) is 5.73 Å². The lowest BCUT2D eigenvalue weighted by atomic mass is 10.1. The summed E-state index contributed by atoms with van der Waals surface area (Å²) in [6, 6.07) is 5.87. The summed E-state index contributed by atoms with van der Waals surface area (Å²) in [5, 5.41) is 0. The highest BCUT2D eigenvalue weighted by Crippen LogP contribution is 2.33. The van der Waals surface area contributed by atoms with E-state index in [1.165, 1.54) is 0 Å². The number of nitrogens with two attached hydrogens (primary N) is 1. The molecule has 0 amide bonds. The number of ether oxygens (including phenoxy) is 2. The zero-order valence-electron chi connectivity index (χ0n) is 9.90. The number of hydrogen-bond acceptors (Lipinski definition) is 3. The maximum atomic E-state index is 5.81. The summed E-state index contributed by atoms with van der Waals surface area (Å²) in [6.07, 6.45) is 2.85. The van der Waals surface area contributed by atoms with Crippen LogP contribution in [0.1, 0.15) is 32.3 Å². The third-order valence-electron chi connectivity index (χ3n) is 2.47. The van der Waals surface area contributed by atoms with Crippen LogP contribution >= 0.6 is 0 Å². The van der Waals surface area contributed by atoms with Crippen molar-refractivity contribution in [2.75, 3.05) is 0 Å². The van der Waals surface area contributed by atoms with Crippen LogP contribution in [0.15, 0.2) is 18.2 Å². The summed E-state index contributed by atoms with van der Waals surface area (Å²) < 4.78 is 11.5. The van der Waals surface area contributed by atoms with Gasteiger partial charge in [0.05, 0.1) is 12.2 Å². The smallest absolute Gasteiger partial charge is 0.127 e. The van der Waals surface area contributed by atoms with Crippen molar-refractivity contribution in [3.05, 3.63) is 23.8 Å². The Morgan fingerprint density at radius 2 is 2.00 bits per heavy atom. The minimum Gasteiger partial charge on any atom is -0.491 e. The molecule has 0 aliphatic heterocycles. The zero-order valence-corrected chi connectivity index (χ0v) is 9.90. The van der Waals surface area contributed by atoms with E-state index in [1.54, 1.807) is 0 Å². The van der Waals surface area contributed by atoms with Gasteiger partial charge in [0.1, 0.15) is 11.5 Å². The largest absolute Gasteiger partial charge is 0.491 e. The fraction of sp³-hybridized carbons (Fsp3) is 0.538. The summed E-state index contributed by atoms with van der Waals surface area (Å²) >= 11 is 0. The molecule has 88 valence electrons. The molecule has 1 saturated carbocycles. The van der Waals surface area contributed by atoms with E-state index < -0.39 is 0 Å². The summed E-state index contributed by atoms with van der Waals surface area (Å²) in [6.45, 7) is 4.47. The van der Waals surface area contributed by atoms with Gasteiger partial charge in [-0.3, -0.25) is 0 Å².